The van der Waals surface area contributed by atoms with Crippen molar-refractivity contribution in [2.45, 2.75) is 19.8 Å². The van der Waals surface area contributed by atoms with Crippen LogP contribution in [-0.2, 0) is 9.53 Å². The quantitative estimate of drug-likeness (QED) is 0.529. The molecule has 0 unspecified atom stereocenters. The number of hydrogen-bond donors (Lipinski definition) is 0. The molecule has 0 spiro atoms. The molecule has 0 aromatic carbocycles. The lowest BCUT2D eigenvalue weighted by Crippen LogP contribution is -1.94. The maximum absolute atomic E-state index is 12.7. The molecule has 0 aromatic rings. The molecule has 16 heavy (non-hydrogen) atoms. The molecular weight excluding hydrogens is 207 g/mol. The van der Waals surface area contributed by atoms with Gasteiger partial charge in [-0.3, -0.25) is 4.79 Å². The average molecular weight is 222 g/mol. The summed E-state index contributed by atoms with van der Waals surface area (Å²) >= 11 is 0. The SMILES string of the molecule is C/C=C/C=C1C(=C/C=O)/CCCOC/1=C/F. The van der Waals surface area contributed by atoms with Gasteiger partial charge >= 0.3 is 0 Å². The first kappa shape index (κ1) is 12.4. The van der Waals surface area contributed by atoms with Gasteiger partial charge in [0.2, 0.25) is 0 Å². The highest BCUT2D eigenvalue weighted by atomic mass is 19.1. The van der Waals surface area contributed by atoms with Gasteiger partial charge in [-0.05, 0) is 31.4 Å². The third-order valence-electron chi connectivity index (χ3n) is 2.28. The fourth-order valence-electron chi connectivity index (χ4n) is 1.54. The van der Waals surface area contributed by atoms with Crippen LogP contribution in [0.4, 0.5) is 4.39 Å². The Balaban J connectivity index is 3.14. The molecule has 0 amide bonds. The van der Waals surface area contributed by atoms with E-state index < -0.39 is 0 Å². The fourth-order valence-corrected chi connectivity index (χ4v) is 1.54. The molecule has 0 atom stereocenters. The maximum atomic E-state index is 12.7. The first-order valence-corrected chi connectivity index (χ1v) is 5.24. The number of carbonyl (C=O) groups excluding carboxylic acids is 1. The van der Waals surface area contributed by atoms with Crippen LogP contribution in [0.1, 0.15) is 19.8 Å². The number of hydrogen-bond acceptors (Lipinski definition) is 2. The van der Waals surface area contributed by atoms with Gasteiger partial charge in [-0.2, -0.15) is 0 Å². The lowest BCUT2D eigenvalue weighted by Gasteiger charge is -2.08. The van der Waals surface area contributed by atoms with Crippen molar-refractivity contribution in [3.05, 3.63) is 47.5 Å². The highest BCUT2D eigenvalue weighted by molar-refractivity contribution is 5.69. The van der Waals surface area contributed by atoms with Crippen molar-refractivity contribution >= 4 is 6.29 Å². The third-order valence-corrected chi connectivity index (χ3v) is 2.28. The first-order chi connectivity index (χ1) is 7.83. The first-order valence-electron chi connectivity index (χ1n) is 5.24. The van der Waals surface area contributed by atoms with E-state index in [2.05, 4.69) is 0 Å². The minimum atomic E-state index is 0.198. The zero-order valence-electron chi connectivity index (χ0n) is 9.28. The minimum Gasteiger partial charge on any atom is -0.491 e. The molecule has 2 nitrogen and oxygen atoms in total. The molecule has 0 saturated carbocycles. The Bertz CT molecular complexity index is 362. The predicted octanol–water partition coefficient (Wildman–Crippen LogP) is 3.24. The van der Waals surface area contributed by atoms with Crippen molar-refractivity contribution in [1.29, 1.82) is 0 Å². The minimum absolute atomic E-state index is 0.198. The van der Waals surface area contributed by atoms with Crippen LogP contribution in [0.5, 0.6) is 0 Å². The monoisotopic (exact) mass is 222 g/mol. The molecule has 0 radical (unpaired) electrons. The van der Waals surface area contributed by atoms with E-state index in [-0.39, 0.29) is 5.76 Å². The van der Waals surface area contributed by atoms with E-state index in [1.807, 2.05) is 13.0 Å². The molecule has 0 aromatic heterocycles. The summed E-state index contributed by atoms with van der Waals surface area (Å²) in [7, 11) is 0. The molecule has 1 rings (SSSR count). The van der Waals surface area contributed by atoms with E-state index in [0.717, 1.165) is 24.7 Å². The molecule has 1 saturated heterocycles. The average Bonchev–Trinajstić information content (AvgIpc) is 2.49. The molecule has 1 heterocycles. The Morgan fingerprint density at radius 3 is 2.81 bits per heavy atom. The van der Waals surface area contributed by atoms with Crippen molar-refractivity contribution in [3.63, 3.8) is 0 Å². The second-order valence-electron chi connectivity index (χ2n) is 3.36. The van der Waals surface area contributed by atoms with E-state index in [9.17, 15) is 9.18 Å². The summed E-state index contributed by atoms with van der Waals surface area (Å²) in [5, 5.41) is 0. The second kappa shape index (κ2) is 6.77. The standard InChI is InChI=1S/C13H15FO2/c1-2-3-6-12-11(7-8-15)5-4-9-16-13(12)10-14/h2-3,6-8,10H,4-5,9H2,1H3/b3-2+,11-7+,12-6-,13-10+. The zero-order chi connectivity index (χ0) is 11.8. The predicted molar refractivity (Wildman–Crippen MR) is 61.4 cm³/mol. The van der Waals surface area contributed by atoms with Gasteiger partial charge < -0.3 is 4.74 Å². The van der Waals surface area contributed by atoms with Gasteiger partial charge in [0.1, 0.15) is 12.6 Å². The summed E-state index contributed by atoms with van der Waals surface area (Å²) in [5.74, 6) is 0.198. The van der Waals surface area contributed by atoms with Crippen LogP contribution in [0.2, 0.25) is 0 Å². The van der Waals surface area contributed by atoms with E-state index in [1.54, 1.807) is 12.2 Å². The van der Waals surface area contributed by atoms with Crippen LogP contribution >= 0.6 is 0 Å². The van der Waals surface area contributed by atoms with E-state index >= 15 is 0 Å². The topological polar surface area (TPSA) is 26.3 Å². The van der Waals surface area contributed by atoms with Crippen molar-refractivity contribution in [2.75, 3.05) is 6.61 Å². The van der Waals surface area contributed by atoms with Gasteiger partial charge in [0.25, 0.3) is 0 Å². The summed E-state index contributed by atoms with van der Waals surface area (Å²) in [4.78, 5) is 10.5. The molecule has 1 aliphatic heterocycles. The molecule has 1 aliphatic rings. The number of halogens is 1. The molecule has 1 fully saturated rings. The van der Waals surface area contributed by atoms with Crippen LogP contribution in [0.25, 0.3) is 0 Å². The third kappa shape index (κ3) is 3.19. The molecule has 0 bridgehead atoms. The second-order valence-corrected chi connectivity index (χ2v) is 3.36. The van der Waals surface area contributed by atoms with E-state index in [0.29, 0.717) is 18.5 Å². The van der Waals surface area contributed by atoms with Crippen LogP contribution in [0.15, 0.2) is 47.5 Å². The van der Waals surface area contributed by atoms with Crippen molar-refractivity contribution < 1.29 is 13.9 Å². The Morgan fingerprint density at radius 2 is 2.19 bits per heavy atom. The molecular formula is C13H15FO2. The summed E-state index contributed by atoms with van der Waals surface area (Å²) in [5.41, 5.74) is 1.46. The van der Waals surface area contributed by atoms with Crippen molar-refractivity contribution in [1.82, 2.24) is 0 Å². The Hall–Kier alpha value is -1.64. The number of allylic oxidation sites excluding steroid dienone is 5. The van der Waals surface area contributed by atoms with Gasteiger partial charge in [-0.25, -0.2) is 4.39 Å². The number of ether oxygens (including phenoxy) is 1. The van der Waals surface area contributed by atoms with Crippen LogP contribution in [0.3, 0.4) is 0 Å². The van der Waals surface area contributed by atoms with Gasteiger partial charge in [0, 0.05) is 5.57 Å². The fraction of sp³-hybridized carbons (Fsp3) is 0.308. The molecule has 3 heteroatoms. The summed E-state index contributed by atoms with van der Waals surface area (Å²) in [6.07, 6.45) is 9.53. The normalized spacial score (nSPS) is 25.0. The van der Waals surface area contributed by atoms with Gasteiger partial charge in [-0.1, -0.05) is 18.2 Å². The number of carbonyl (C=O) groups is 1. The van der Waals surface area contributed by atoms with Crippen LogP contribution < -0.4 is 0 Å². The van der Waals surface area contributed by atoms with Crippen molar-refractivity contribution in [2.24, 2.45) is 0 Å². The lowest BCUT2D eigenvalue weighted by molar-refractivity contribution is -0.104. The van der Waals surface area contributed by atoms with Crippen LogP contribution in [-0.4, -0.2) is 12.9 Å². The lowest BCUT2D eigenvalue weighted by atomic mass is 10.0. The smallest absolute Gasteiger partial charge is 0.154 e. The maximum Gasteiger partial charge on any atom is 0.154 e. The number of rotatable bonds is 2. The van der Waals surface area contributed by atoms with Crippen LogP contribution in [0, 0.1) is 0 Å². The Kier molecular flexibility index (Phi) is 5.26. The largest absolute Gasteiger partial charge is 0.491 e. The summed E-state index contributed by atoms with van der Waals surface area (Å²) in [6.45, 7) is 2.34. The molecule has 0 N–H and O–H groups in total. The van der Waals surface area contributed by atoms with Gasteiger partial charge in [0.15, 0.2) is 5.76 Å². The van der Waals surface area contributed by atoms with Gasteiger partial charge in [0.05, 0.1) is 6.61 Å². The highest BCUT2D eigenvalue weighted by Crippen LogP contribution is 2.28. The summed E-state index contributed by atoms with van der Waals surface area (Å²) in [6, 6.07) is 0. The molecule has 86 valence electrons. The Labute approximate surface area is 94.8 Å². The van der Waals surface area contributed by atoms with E-state index in [1.165, 1.54) is 6.08 Å². The Morgan fingerprint density at radius 1 is 1.38 bits per heavy atom. The summed E-state index contributed by atoms with van der Waals surface area (Å²) < 4.78 is 17.9. The number of aldehydes is 1. The molecule has 0 aliphatic carbocycles. The van der Waals surface area contributed by atoms with Crippen molar-refractivity contribution in [3.8, 4) is 0 Å². The highest BCUT2D eigenvalue weighted by Gasteiger charge is 2.15. The van der Waals surface area contributed by atoms with Gasteiger partial charge in [-0.15, -0.1) is 0 Å². The zero-order valence-corrected chi connectivity index (χ0v) is 9.28. The van der Waals surface area contributed by atoms with E-state index in [4.69, 9.17) is 4.74 Å².